The molecule has 1 aliphatic rings. The number of para-hydroxylation sites is 2. The maximum Gasteiger partial charge on any atom is 0.293 e. The molecule has 0 aromatic heterocycles. The van der Waals surface area contributed by atoms with Gasteiger partial charge in [-0.2, -0.15) is 0 Å². The fraction of sp³-hybridized carbons (Fsp3) is 0.120. The number of benzene rings is 3. The third-order valence-electron chi connectivity index (χ3n) is 4.76. The zero-order valence-electron chi connectivity index (χ0n) is 17.4. The van der Waals surface area contributed by atoms with Crippen LogP contribution in [0.1, 0.15) is 11.1 Å². The largest absolute Gasteiger partial charge is 0.490 e. The van der Waals surface area contributed by atoms with E-state index in [4.69, 9.17) is 32.7 Å². The van der Waals surface area contributed by atoms with E-state index in [0.717, 1.165) is 23.1 Å². The highest BCUT2D eigenvalue weighted by molar-refractivity contribution is 8.18. The predicted octanol–water partition coefficient (Wildman–Crippen LogP) is 6.69. The second-order valence-corrected chi connectivity index (χ2v) is 8.87. The van der Waals surface area contributed by atoms with Crippen molar-refractivity contribution in [3.8, 4) is 11.5 Å². The molecular formula is C25H19Cl2NO4S. The summed E-state index contributed by atoms with van der Waals surface area (Å²) in [5, 5.41) is 0.450. The quantitative estimate of drug-likeness (QED) is 0.255. The number of hydrogen-bond donors (Lipinski definition) is 0. The molecule has 0 atom stereocenters. The Balaban J connectivity index is 1.42. The van der Waals surface area contributed by atoms with E-state index in [2.05, 4.69) is 0 Å². The van der Waals surface area contributed by atoms with Gasteiger partial charge in [0.25, 0.3) is 11.1 Å². The smallest absolute Gasteiger partial charge is 0.293 e. The minimum Gasteiger partial charge on any atom is -0.490 e. The molecule has 4 rings (SSSR count). The van der Waals surface area contributed by atoms with Gasteiger partial charge in [0.15, 0.2) is 0 Å². The predicted molar refractivity (Wildman–Crippen MR) is 132 cm³/mol. The zero-order chi connectivity index (χ0) is 23.2. The summed E-state index contributed by atoms with van der Waals surface area (Å²) in [6.07, 6.45) is 1.67. The molecule has 0 unspecified atom stereocenters. The Bertz CT molecular complexity index is 1200. The summed E-state index contributed by atoms with van der Waals surface area (Å²) in [5.74, 6) is 1.01. The lowest BCUT2D eigenvalue weighted by molar-refractivity contribution is -0.123. The third kappa shape index (κ3) is 5.90. The Labute approximate surface area is 205 Å². The molecule has 0 bridgehead atoms. The van der Waals surface area contributed by atoms with Crippen molar-refractivity contribution in [2.75, 3.05) is 13.2 Å². The van der Waals surface area contributed by atoms with E-state index >= 15 is 0 Å². The lowest BCUT2D eigenvalue weighted by Gasteiger charge is -2.13. The molecule has 0 saturated carbocycles. The van der Waals surface area contributed by atoms with Crippen molar-refractivity contribution in [3.63, 3.8) is 0 Å². The lowest BCUT2D eigenvalue weighted by Crippen LogP contribution is -2.27. The fourth-order valence-electron chi connectivity index (χ4n) is 3.16. The average Bonchev–Trinajstić information content (AvgIpc) is 3.08. The molecule has 1 heterocycles. The summed E-state index contributed by atoms with van der Waals surface area (Å²) < 4.78 is 11.5. The normalized spacial score (nSPS) is 14.7. The van der Waals surface area contributed by atoms with E-state index in [0.29, 0.717) is 39.5 Å². The van der Waals surface area contributed by atoms with Crippen LogP contribution in [0.3, 0.4) is 0 Å². The SMILES string of the molecule is O=C1S/C(=C\c2ccccc2OCCOc2ccccc2)C(=O)N1Cc1ccc(Cl)c(Cl)c1. The molecular weight excluding hydrogens is 481 g/mol. The van der Waals surface area contributed by atoms with E-state index in [9.17, 15) is 9.59 Å². The van der Waals surface area contributed by atoms with Gasteiger partial charge in [-0.05, 0) is 53.7 Å². The number of carbonyl (C=O) groups excluding carboxylic acids is 2. The second-order valence-electron chi connectivity index (χ2n) is 7.06. The molecule has 1 saturated heterocycles. The van der Waals surface area contributed by atoms with Gasteiger partial charge in [0, 0.05) is 5.56 Å². The molecule has 33 heavy (non-hydrogen) atoms. The Morgan fingerprint density at radius 3 is 2.36 bits per heavy atom. The third-order valence-corrected chi connectivity index (χ3v) is 6.40. The van der Waals surface area contributed by atoms with Crippen LogP contribution in [0.25, 0.3) is 6.08 Å². The van der Waals surface area contributed by atoms with Gasteiger partial charge in [0.05, 0.1) is 21.5 Å². The minimum absolute atomic E-state index is 0.119. The summed E-state index contributed by atoms with van der Waals surface area (Å²) in [5.41, 5.74) is 1.42. The van der Waals surface area contributed by atoms with E-state index in [-0.39, 0.29) is 17.7 Å². The van der Waals surface area contributed by atoms with Crippen LogP contribution >= 0.6 is 35.0 Å². The van der Waals surface area contributed by atoms with Gasteiger partial charge in [-0.1, -0.05) is 65.7 Å². The maximum atomic E-state index is 12.9. The van der Waals surface area contributed by atoms with Crippen molar-refractivity contribution in [1.82, 2.24) is 4.90 Å². The van der Waals surface area contributed by atoms with Gasteiger partial charge in [-0.25, -0.2) is 0 Å². The van der Waals surface area contributed by atoms with E-state index in [1.165, 1.54) is 4.90 Å². The summed E-state index contributed by atoms with van der Waals surface area (Å²) >= 11 is 12.9. The van der Waals surface area contributed by atoms with Crippen LogP contribution in [0, 0.1) is 0 Å². The van der Waals surface area contributed by atoms with Gasteiger partial charge < -0.3 is 9.47 Å². The number of carbonyl (C=O) groups is 2. The van der Waals surface area contributed by atoms with Crippen LogP contribution in [-0.2, 0) is 11.3 Å². The Kier molecular flexibility index (Phi) is 7.60. The second kappa shape index (κ2) is 10.8. The molecule has 2 amide bonds. The highest BCUT2D eigenvalue weighted by atomic mass is 35.5. The summed E-state index contributed by atoms with van der Waals surface area (Å²) in [4.78, 5) is 26.9. The standard InChI is InChI=1S/C25H19Cl2NO4S/c26-20-11-10-17(14-21(20)27)16-28-24(29)23(33-25(28)30)15-18-6-4-5-9-22(18)32-13-12-31-19-7-2-1-3-8-19/h1-11,14-15H,12-13,16H2/b23-15-. The molecule has 0 aliphatic carbocycles. The van der Waals surface area contributed by atoms with Crippen molar-refractivity contribution in [2.24, 2.45) is 0 Å². The summed E-state index contributed by atoms with van der Waals surface area (Å²) in [7, 11) is 0. The lowest BCUT2D eigenvalue weighted by atomic mass is 10.1. The number of halogens is 2. The van der Waals surface area contributed by atoms with Crippen LogP contribution < -0.4 is 9.47 Å². The molecule has 3 aromatic rings. The number of rotatable bonds is 8. The van der Waals surface area contributed by atoms with E-state index in [1.54, 1.807) is 24.3 Å². The van der Waals surface area contributed by atoms with Crippen LogP contribution in [-0.4, -0.2) is 29.3 Å². The molecule has 5 nitrogen and oxygen atoms in total. The summed E-state index contributed by atoms with van der Waals surface area (Å²) in [6, 6.07) is 21.9. The number of hydrogen-bond acceptors (Lipinski definition) is 5. The molecule has 1 fully saturated rings. The summed E-state index contributed by atoms with van der Waals surface area (Å²) in [6.45, 7) is 0.824. The average molecular weight is 500 g/mol. The fourth-order valence-corrected chi connectivity index (χ4v) is 4.31. The first kappa shape index (κ1) is 23.2. The van der Waals surface area contributed by atoms with Crippen LogP contribution in [0.2, 0.25) is 10.0 Å². The Morgan fingerprint density at radius 1 is 0.848 bits per heavy atom. The molecule has 168 valence electrons. The van der Waals surface area contributed by atoms with Gasteiger partial charge in [-0.15, -0.1) is 0 Å². The van der Waals surface area contributed by atoms with Gasteiger partial charge in [0.2, 0.25) is 0 Å². The zero-order valence-corrected chi connectivity index (χ0v) is 19.7. The first-order valence-corrected chi connectivity index (χ1v) is 11.7. The highest BCUT2D eigenvalue weighted by Crippen LogP contribution is 2.35. The van der Waals surface area contributed by atoms with Gasteiger partial charge in [-0.3, -0.25) is 14.5 Å². The Hall–Kier alpha value is -2.93. The Morgan fingerprint density at radius 2 is 1.58 bits per heavy atom. The van der Waals surface area contributed by atoms with Gasteiger partial charge in [0.1, 0.15) is 24.7 Å². The van der Waals surface area contributed by atoms with Crippen molar-refractivity contribution < 1.29 is 19.1 Å². The first-order valence-electron chi connectivity index (χ1n) is 10.1. The minimum atomic E-state index is -0.363. The van der Waals surface area contributed by atoms with E-state index < -0.39 is 0 Å². The number of thioether (sulfide) groups is 1. The molecule has 8 heteroatoms. The van der Waals surface area contributed by atoms with E-state index in [1.807, 2.05) is 54.6 Å². The van der Waals surface area contributed by atoms with Crippen molar-refractivity contribution in [2.45, 2.75) is 6.54 Å². The van der Waals surface area contributed by atoms with Gasteiger partial charge >= 0.3 is 0 Å². The van der Waals surface area contributed by atoms with Crippen molar-refractivity contribution in [1.29, 1.82) is 0 Å². The van der Waals surface area contributed by atoms with Crippen molar-refractivity contribution >= 4 is 52.2 Å². The first-order chi connectivity index (χ1) is 16.0. The molecule has 1 aliphatic heterocycles. The topological polar surface area (TPSA) is 55.8 Å². The number of amides is 2. The highest BCUT2D eigenvalue weighted by Gasteiger charge is 2.35. The monoisotopic (exact) mass is 499 g/mol. The molecule has 0 spiro atoms. The number of nitrogens with zero attached hydrogens (tertiary/aromatic N) is 1. The van der Waals surface area contributed by atoms with Crippen LogP contribution in [0.5, 0.6) is 11.5 Å². The molecule has 3 aromatic carbocycles. The van der Waals surface area contributed by atoms with Crippen molar-refractivity contribution in [3.05, 3.63) is 98.9 Å². The van der Waals surface area contributed by atoms with Crippen LogP contribution in [0.4, 0.5) is 4.79 Å². The maximum absolute atomic E-state index is 12.9. The van der Waals surface area contributed by atoms with Crippen LogP contribution in [0.15, 0.2) is 77.7 Å². The number of imide groups is 1. The molecule has 0 radical (unpaired) electrons. The number of ether oxygens (including phenoxy) is 2. The molecule has 0 N–H and O–H groups in total.